The lowest BCUT2D eigenvalue weighted by Crippen LogP contribution is -2.12. The normalized spacial score (nSPS) is 12.7. The van der Waals surface area contributed by atoms with Crippen LogP contribution in [0.15, 0.2) is 30.0 Å². The highest BCUT2D eigenvalue weighted by atomic mass is 16.5. The van der Waals surface area contributed by atoms with E-state index in [4.69, 9.17) is 4.74 Å². The highest BCUT2D eigenvalue weighted by Gasteiger charge is 2.20. The summed E-state index contributed by atoms with van der Waals surface area (Å²) in [5, 5.41) is 4.22. The predicted octanol–water partition coefficient (Wildman–Crippen LogP) is 2.62. The van der Waals surface area contributed by atoms with E-state index >= 15 is 0 Å². The summed E-state index contributed by atoms with van der Waals surface area (Å²) in [6.07, 6.45) is 3.68. The average molecular weight is 216 g/mol. The highest BCUT2D eigenvalue weighted by molar-refractivity contribution is 5.97. The molecule has 1 radical (unpaired) electrons. The van der Waals surface area contributed by atoms with Gasteiger partial charge in [-0.25, -0.2) is 10.1 Å². The first kappa shape index (κ1) is 10.7. The number of ether oxygens (including phenoxy) is 1. The SMILES string of the molecule is CCCCOC(=O)C1=Cc2ccccc2[N]1. The maximum Gasteiger partial charge on any atom is 0.356 e. The number of carbonyl (C=O) groups excluding carboxylic acids is 1. The van der Waals surface area contributed by atoms with Crippen molar-refractivity contribution >= 4 is 17.7 Å². The van der Waals surface area contributed by atoms with Gasteiger partial charge in [-0.15, -0.1) is 0 Å². The fraction of sp³-hybridized carbons (Fsp3) is 0.308. The standard InChI is InChI=1S/C13H14NO2/c1-2-3-8-16-13(15)12-9-10-6-4-5-7-11(10)14-12/h4-7,9H,2-3,8H2,1H3. The first-order chi connectivity index (χ1) is 7.81. The van der Waals surface area contributed by atoms with Crippen molar-refractivity contribution in [3.05, 3.63) is 35.5 Å². The van der Waals surface area contributed by atoms with Crippen molar-refractivity contribution in [1.82, 2.24) is 5.32 Å². The van der Waals surface area contributed by atoms with Crippen LogP contribution in [0.4, 0.5) is 5.69 Å². The number of hydrogen-bond donors (Lipinski definition) is 0. The zero-order valence-corrected chi connectivity index (χ0v) is 9.27. The van der Waals surface area contributed by atoms with Crippen molar-refractivity contribution in [3.63, 3.8) is 0 Å². The molecule has 0 spiro atoms. The molecule has 0 saturated heterocycles. The molecule has 16 heavy (non-hydrogen) atoms. The van der Waals surface area contributed by atoms with Crippen LogP contribution < -0.4 is 5.32 Å². The molecule has 0 aliphatic carbocycles. The van der Waals surface area contributed by atoms with E-state index in [2.05, 4.69) is 12.2 Å². The summed E-state index contributed by atoms with van der Waals surface area (Å²) in [7, 11) is 0. The molecule has 1 aromatic rings. The van der Waals surface area contributed by atoms with Gasteiger partial charge in [0.05, 0.1) is 12.3 Å². The maximum absolute atomic E-state index is 11.6. The largest absolute Gasteiger partial charge is 0.461 e. The Morgan fingerprint density at radius 1 is 1.38 bits per heavy atom. The molecule has 1 heterocycles. The third kappa shape index (κ3) is 2.24. The first-order valence-corrected chi connectivity index (χ1v) is 5.51. The van der Waals surface area contributed by atoms with Crippen molar-refractivity contribution in [1.29, 1.82) is 0 Å². The van der Waals surface area contributed by atoms with E-state index < -0.39 is 0 Å². The minimum atomic E-state index is -0.329. The van der Waals surface area contributed by atoms with Gasteiger partial charge in [-0.05, 0) is 18.6 Å². The van der Waals surface area contributed by atoms with Crippen molar-refractivity contribution in [2.75, 3.05) is 6.61 Å². The number of hydrogen-bond acceptors (Lipinski definition) is 2. The molecular formula is C13H14NO2. The number of carbonyl (C=O) groups is 1. The molecule has 83 valence electrons. The smallest absolute Gasteiger partial charge is 0.356 e. The number of esters is 1. The summed E-state index contributed by atoms with van der Waals surface area (Å²) in [4.78, 5) is 11.6. The van der Waals surface area contributed by atoms with Gasteiger partial charge in [0.1, 0.15) is 5.70 Å². The summed E-state index contributed by atoms with van der Waals surface area (Å²) in [6, 6.07) is 7.65. The van der Waals surface area contributed by atoms with Crippen LogP contribution in [-0.2, 0) is 9.53 Å². The van der Waals surface area contributed by atoms with Crippen molar-refractivity contribution in [2.24, 2.45) is 0 Å². The summed E-state index contributed by atoms with van der Waals surface area (Å²) >= 11 is 0. The van der Waals surface area contributed by atoms with E-state index in [1.165, 1.54) is 0 Å². The van der Waals surface area contributed by atoms with E-state index in [0.29, 0.717) is 12.3 Å². The molecule has 1 aliphatic rings. The van der Waals surface area contributed by atoms with Crippen LogP contribution in [0.5, 0.6) is 0 Å². The summed E-state index contributed by atoms with van der Waals surface area (Å²) < 4.78 is 5.10. The molecule has 1 aliphatic heterocycles. The van der Waals surface area contributed by atoms with Crippen molar-refractivity contribution in [3.8, 4) is 0 Å². The first-order valence-electron chi connectivity index (χ1n) is 5.51. The van der Waals surface area contributed by atoms with Gasteiger partial charge < -0.3 is 4.74 Å². The molecule has 1 aromatic carbocycles. The van der Waals surface area contributed by atoms with E-state index in [1.54, 1.807) is 6.08 Å². The Morgan fingerprint density at radius 2 is 2.19 bits per heavy atom. The second kappa shape index (κ2) is 4.84. The maximum atomic E-state index is 11.6. The number of rotatable bonds is 4. The molecule has 0 atom stereocenters. The zero-order valence-electron chi connectivity index (χ0n) is 9.27. The molecule has 0 N–H and O–H groups in total. The summed E-state index contributed by atoms with van der Waals surface area (Å²) in [5.74, 6) is -0.329. The molecule has 0 bridgehead atoms. The summed E-state index contributed by atoms with van der Waals surface area (Å²) in [6.45, 7) is 2.53. The summed E-state index contributed by atoms with van der Waals surface area (Å²) in [5.41, 5.74) is 2.21. The topological polar surface area (TPSA) is 40.4 Å². The van der Waals surface area contributed by atoms with Crippen LogP contribution in [-0.4, -0.2) is 12.6 Å². The third-order valence-corrected chi connectivity index (χ3v) is 2.41. The molecule has 0 fully saturated rings. The van der Waals surface area contributed by atoms with E-state index in [0.717, 1.165) is 24.1 Å². The average Bonchev–Trinajstić information content (AvgIpc) is 2.73. The number of fused-ring (bicyclic) bond motifs is 1. The molecule has 0 aromatic heterocycles. The van der Waals surface area contributed by atoms with Crippen molar-refractivity contribution < 1.29 is 9.53 Å². The molecule has 3 nitrogen and oxygen atoms in total. The Labute approximate surface area is 95.1 Å². The number of benzene rings is 1. The predicted molar refractivity (Wildman–Crippen MR) is 62.1 cm³/mol. The van der Waals surface area contributed by atoms with Gasteiger partial charge in [-0.3, -0.25) is 0 Å². The number of unbranched alkanes of at least 4 members (excludes halogenated alkanes) is 1. The molecule has 0 saturated carbocycles. The monoisotopic (exact) mass is 216 g/mol. The molecule has 0 unspecified atom stereocenters. The Kier molecular flexibility index (Phi) is 3.25. The van der Waals surface area contributed by atoms with Gasteiger partial charge in [0.2, 0.25) is 0 Å². The third-order valence-electron chi connectivity index (χ3n) is 2.41. The minimum absolute atomic E-state index is 0.329. The van der Waals surface area contributed by atoms with Gasteiger partial charge in [-0.1, -0.05) is 31.5 Å². The lowest BCUT2D eigenvalue weighted by atomic mass is 10.2. The number of para-hydroxylation sites is 1. The Bertz CT molecular complexity index is 424. The molecule has 2 rings (SSSR count). The Morgan fingerprint density at radius 3 is 2.94 bits per heavy atom. The van der Waals surface area contributed by atoms with Crippen LogP contribution in [0.3, 0.4) is 0 Å². The zero-order chi connectivity index (χ0) is 11.4. The quantitative estimate of drug-likeness (QED) is 0.573. The van der Waals surface area contributed by atoms with Crippen molar-refractivity contribution in [2.45, 2.75) is 19.8 Å². The van der Waals surface area contributed by atoms with Gasteiger partial charge >= 0.3 is 5.97 Å². The van der Waals surface area contributed by atoms with Gasteiger partial charge in [0.25, 0.3) is 0 Å². The van der Waals surface area contributed by atoms with Gasteiger partial charge in [0, 0.05) is 5.56 Å². The van der Waals surface area contributed by atoms with Crippen LogP contribution in [0.1, 0.15) is 25.3 Å². The van der Waals surface area contributed by atoms with Crippen LogP contribution >= 0.6 is 0 Å². The molecular weight excluding hydrogens is 202 g/mol. The second-order valence-corrected chi connectivity index (χ2v) is 3.69. The molecule has 3 heteroatoms. The fourth-order valence-electron chi connectivity index (χ4n) is 1.51. The lowest BCUT2D eigenvalue weighted by Gasteiger charge is -2.03. The second-order valence-electron chi connectivity index (χ2n) is 3.69. The molecule has 0 amide bonds. The van der Waals surface area contributed by atoms with E-state index in [9.17, 15) is 4.79 Å². The van der Waals surface area contributed by atoms with Crippen LogP contribution in [0, 0.1) is 0 Å². The van der Waals surface area contributed by atoms with E-state index in [1.807, 2.05) is 24.3 Å². The van der Waals surface area contributed by atoms with Gasteiger partial charge in [-0.2, -0.15) is 0 Å². The van der Waals surface area contributed by atoms with Crippen LogP contribution in [0.25, 0.3) is 6.08 Å². The lowest BCUT2D eigenvalue weighted by molar-refractivity contribution is -0.139. The number of nitrogens with zero attached hydrogens (tertiary/aromatic N) is 1. The van der Waals surface area contributed by atoms with E-state index in [-0.39, 0.29) is 5.97 Å². The van der Waals surface area contributed by atoms with Gasteiger partial charge in [0.15, 0.2) is 0 Å². The minimum Gasteiger partial charge on any atom is -0.461 e. The van der Waals surface area contributed by atoms with Crippen LogP contribution in [0.2, 0.25) is 0 Å². The Hall–Kier alpha value is -1.77. The fourth-order valence-corrected chi connectivity index (χ4v) is 1.51. The Balaban J connectivity index is 1.97. The highest BCUT2D eigenvalue weighted by Crippen LogP contribution is 2.26.